The van der Waals surface area contributed by atoms with Gasteiger partial charge in [-0.25, -0.2) is 4.79 Å². The fraction of sp³-hybridized carbons (Fsp3) is 0.100. The average Bonchev–Trinajstić information content (AvgIpc) is 2.18. The molecule has 0 N–H and O–H groups in total. The predicted molar refractivity (Wildman–Crippen MR) is 58.7 cm³/mol. The molecule has 13 heavy (non-hydrogen) atoms. The lowest BCUT2D eigenvalue weighted by molar-refractivity contribution is 0.0590. The number of alkyl halides is 1. The van der Waals surface area contributed by atoms with Gasteiger partial charge in [0.05, 0.1) is 5.56 Å². The van der Waals surface area contributed by atoms with Crippen molar-refractivity contribution >= 4 is 28.6 Å². The fourth-order valence-electron chi connectivity index (χ4n) is 0.835. The molecule has 0 spiro atoms. The fourth-order valence-corrected chi connectivity index (χ4v) is 1.12. The van der Waals surface area contributed by atoms with E-state index in [-0.39, 0.29) is 5.97 Å². The van der Waals surface area contributed by atoms with Crippen molar-refractivity contribution in [2.45, 2.75) is 0 Å². The van der Waals surface area contributed by atoms with E-state index in [2.05, 4.69) is 5.92 Å². The molecule has 0 heterocycles. The van der Waals surface area contributed by atoms with Gasteiger partial charge >= 0.3 is 5.97 Å². The minimum atomic E-state index is -0.321. The van der Waals surface area contributed by atoms with Gasteiger partial charge in [-0.15, -0.1) is 6.42 Å². The van der Waals surface area contributed by atoms with E-state index in [1.807, 2.05) is 22.6 Å². The molecule has 0 bridgehead atoms. The van der Waals surface area contributed by atoms with Crippen molar-refractivity contribution in [3.8, 4) is 12.3 Å². The summed E-state index contributed by atoms with van der Waals surface area (Å²) in [6, 6.07) is 6.74. The highest BCUT2D eigenvalue weighted by Crippen LogP contribution is 2.05. The largest absolute Gasteiger partial charge is 0.451 e. The number of benzene rings is 1. The van der Waals surface area contributed by atoms with Crippen LogP contribution in [0.15, 0.2) is 24.3 Å². The standard InChI is InChI=1S/C10H7IO2/c1-2-8-3-5-9(6-4-8)10(12)13-7-11/h1,3-6H,7H2. The summed E-state index contributed by atoms with van der Waals surface area (Å²) < 4.78 is 5.15. The number of hydrogen-bond donors (Lipinski definition) is 0. The van der Waals surface area contributed by atoms with E-state index >= 15 is 0 Å². The molecule has 1 rings (SSSR count). The minimum Gasteiger partial charge on any atom is -0.451 e. The first-order chi connectivity index (χ1) is 6.27. The molecule has 0 saturated carbocycles. The molecular weight excluding hydrogens is 279 g/mol. The lowest BCUT2D eigenvalue weighted by Crippen LogP contribution is -2.02. The summed E-state index contributed by atoms with van der Waals surface area (Å²) in [7, 11) is 0. The first-order valence-corrected chi connectivity index (χ1v) is 5.10. The smallest absolute Gasteiger partial charge is 0.338 e. The molecule has 0 radical (unpaired) electrons. The Morgan fingerprint density at radius 1 is 1.46 bits per heavy atom. The molecule has 0 aromatic heterocycles. The minimum absolute atomic E-state index is 0.321. The Morgan fingerprint density at radius 3 is 2.54 bits per heavy atom. The highest BCUT2D eigenvalue weighted by atomic mass is 127. The van der Waals surface area contributed by atoms with E-state index in [9.17, 15) is 4.79 Å². The second-order valence-corrected chi connectivity index (χ2v) is 2.89. The highest BCUT2D eigenvalue weighted by molar-refractivity contribution is 14.1. The number of halogens is 1. The van der Waals surface area contributed by atoms with Gasteiger partial charge in [-0.1, -0.05) is 5.92 Å². The van der Waals surface area contributed by atoms with Gasteiger partial charge in [0.2, 0.25) is 0 Å². The molecule has 0 saturated heterocycles. The maximum atomic E-state index is 11.2. The van der Waals surface area contributed by atoms with Crippen molar-refractivity contribution < 1.29 is 9.53 Å². The average molecular weight is 286 g/mol. The molecule has 1 aromatic rings. The first-order valence-electron chi connectivity index (χ1n) is 3.57. The van der Waals surface area contributed by atoms with Crippen LogP contribution in [-0.2, 0) is 4.74 Å². The van der Waals surface area contributed by atoms with E-state index in [0.717, 1.165) is 5.56 Å². The molecule has 0 atom stereocenters. The van der Waals surface area contributed by atoms with Crippen LogP contribution in [0.3, 0.4) is 0 Å². The van der Waals surface area contributed by atoms with Gasteiger partial charge in [-0.2, -0.15) is 0 Å². The lowest BCUT2D eigenvalue weighted by atomic mass is 10.1. The van der Waals surface area contributed by atoms with Gasteiger partial charge in [0.1, 0.15) is 4.61 Å². The number of carbonyl (C=O) groups is 1. The maximum Gasteiger partial charge on any atom is 0.338 e. The van der Waals surface area contributed by atoms with Gasteiger partial charge in [0, 0.05) is 5.56 Å². The van der Waals surface area contributed by atoms with Crippen LogP contribution in [0.25, 0.3) is 0 Å². The third-order valence-electron chi connectivity index (χ3n) is 1.47. The molecule has 0 unspecified atom stereocenters. The first kappa shape index (κ1) is 10.1. The molecule has 66 valence electrons. The number of esters is 1. The Bertz CT molecular complexity index is 335. The van der Waals surface area contributed by atoms with Crippen molar-refractivity contribution in [3.63, 3.8) is 0 Å². The number of hydrogen-bond acceptors (Lipinski definition) is 2. The summed E-state index contributed by atoms with van der Waals surface area (Å²) in [5.74, 6) is 2.15. The number of terminal acetylenes is 1. The van der Waals surface area contributed by atoms with Crippen LogP contribution in [-0.4, -0.2) is 10.6 Å². The second kappa shape index (κ2) is 4.87. The summed E-state index contributed by atoms with van der Waals surface area (Å²) in [5.41, 5.74) is 1.28. The Morgan fingerprint density at radius 2 is 2.08 bits per heavy atom. The van der Waals surface area contributed by atoms with E-state index in [4.69, 9.17) is 11.2 Å². The van der Waals surface area contributed by atoms with Crippen molar-refractivity contribution in [2.75, 3.05) is 4.61 Å². The third kappa shape index (κ3) is 2.74. The zero-order valence-corrected chi connectivity index (χ0v) is 8.95. The Balaban J connectivity index is 2.81. The molecular formula is C10H7IO2. The maximum absolute atomic E-state index is 11.2. The summed E-state index contributed by atoms with van der Waals surface area (Å²) in [6.07, 6.45) is 5.17. The number of carbonyl (C=O) groups excluding carboxylic acids is 1. The Hall–Kier alpha value is -1.02. The van der Waals surface area contributed by atoms with E-state index in [0.29, 0.717) is 10.2 Å². The lowest BCUT2D eigenvalue weighted by Gasteiger charge is -1.99. The van der Waals surface area contributed by atoms with Crippen LogP contribution in [0.1, 0.15) is 15.9 Å². The van der Waals surface area contributed by atoms with Gasteiger partial charge < -0.3 is 4.74 Å². The SMILES string of the molecule is C#Cc1ccc(C(=O)OCI)cc1. The predicted octanol–water partition coefficient (Wildman–Crippen LogP) is 2.22. The van der Waals surface area contributed by atoms with Gasteiger partial charge in [-0.3, -0.25) is 0 Å². The van der Waals surface area contributed by atoms with E-state index < -0.39 is 0 Å². The molecule has 1 aromatic carbocycles. The van der Waals surface area contributed by atoms with Crippen LogP contribution < -0.4 is 0 Å². The third-order valence-corrected chi connectivity index (χ3v) is 1.78. The van der Waals surface area contributed by atoms with Gasteiger partial charge in [-0.05, 0) is 46.9 Å². The van der Waals surface area contributed by atoms with Gasteiger partial charge in [0.15, 0.2) is 0 Å². The van der Waals surface area contributed by atoms with Crippen LogP contribution in [0.5, 0.6) is 0 Å². The summed E-state index contributed by atoms with van der Waals surface area (Å²) in [6.45, 7) is 0. The summed E-state index contributed by atoms with van der Waals surface area (Å²) in [5, 5.41) is 0. The second-order valence-electron chi connectivity index (χ2n) is 2.26. The molecule has 3 heteroatoms. The van der Waals surface area contributed by atoms with E-state index in [1.165, 1.54) is 0 Å². The zero-order valence-electron chi connectivity index (χ0n) is 6.79. The van der Waals surface area contributed by atoms with Crippen LogP contribution >= 0.6 is 22.6 Å². The molecule has 0 fully saturated rings. The quantitative estimate of drug-likeness (QED) is 0.360. The number of ether oxygens (including phenoxy) is 1. The van der Waals surface area contributed by atoms with Crippen molar-refractivity contribution in [3.05, 3.63) is 35.4 Å². The Kier molecular flexibility index (Phi) is 3.77. The molecule has 2 nitrogen and oxygen atoms in total. The number of rotatable bonds is 2. The Labute approximate surface area is 90.4 Å². The van der Waals surface area contributed by atoms with Crippen LogP contribution in [0.4, 0.5) is 0 Å². The molecule has 0 amide bonds. The van der Waals surface area contributed by atoms with Gasteiger partial charge in [0.25, 0.3) is 0 Å². The van der Waals surface area contributed by atoms with Crippen molar-refractivity contribution in [1.29, 1.82) is 0 Å². The normalized spacial score (nSPS) is 8.92. The van der Waals surface area contributed by atoms with E-state index in [1.54, 1.807) is 24.3 Å². The molecule has 0 aliphatic heterocycles. The van der Waals surface area contributed by atoms with Crippen LogP contribution in [0.2, 0.25) is 0 Å². The summed E-state index contributed by atoms with van der Waals surface area (Å²) >= 11 is 1.97. The zero-order chi connectivity index (χ0) is 9.68. The van der Waals surface area contributed by atoms with Crippen molar-refractivity contribution in [1.82, 2.24) is 0 Å². The summed E-state index contributed by atoms with van der Waals surface area (Å²) in [4.78, 5) is 11.2. The van der Waals surface area contributed by atoms with Crippen LogP contribution in [0, 0.1) is 12.3 Å². The topological polar surface area (TPSA) is 26.3 Å². The monoisotopic (exact) mass is 286 g/mol. The highest BCUT2D eigenvalue weighted by Gasteiger charge is 2.04. The van der Waals surface area contributed by atoms with Crippen molar-refractivity contribution in [2.24, 2.45) is 0 Å². The molecule has 0 aliphatic carbocycles. The molecule has 0 aliphatic rings.